The number of likely N-dealkylation sites (N-methyl/N-ethyl adjacent to an activating group) is 1. The number of nitrogens with zero attached hydrogens (tertiary/aromatic N) is 1. The molecule has 1 N–H and O–H groups in total. The third kappa shape index (κ3) is 3.25. The minimum Gasteiger partial charge on any atom is -0.312 e. The largest absolute Gasteiger partial charge is 0.312 e. The summed E-state index contributed by atoms with van der Waals surface area (Å²) in [5.74, 6) is 0.742. The molecule has 0 aromatic heterocycles. The second-order valence-electron chi connectivity index (χ2n) is 4.87. The predicted octanol–water partition coefficient (Wildman–Crippen LogP) is 2.10. The van der Waals surface area contributed by atoms with Gasteiger partial charge in [0.15, 0.2) is 0 Å². The zero-order valence-corrected chi connectivity index (χ0v) is 10.2. The summed E-state index contributed by atoms with van der Waals surface area (Å²) in [6.07, 6.45) is 2.77. The second kappa shape index (κ2) is 5.72. The van der Waals surface area contributed by atoms with Crippen molar-refractivity contribution in [2.45, 2.75) is 52.6 Å². The molecule has 0 saturated carbocycles. The second-order valence-corrected chi connectivity index (χ2v) is 4.87. The van der Waals surface area contributed by atoms with Crippen LogP contribution < -0.4 is 5.32 Å². The summed E-state index contributed by atoms with van der Waals surface area (Å²) in [6.45, 7) is 12.8. The van der Waals surface area contributed by atoms with Crippen LogP contribution in [-0.2, 0) is 0 Å². The van der Waals surface area contributed by atoms with E-state index in [0.717, 1.165) is 12.0 Å². The summed E-state index contributed by atoms with van der Waals surface area (Å²) in [5, 5.41) is 3.65. The molecule has 0 aliphatic carbocycles. The van der Waals surface area contributed by atoms with E-state index in [0.29, 0.717) is 6.04 Å². The highest BCUT2D eigenvalue weighted by molar-refractivity contribution is 4.81. The Morgan fingerprint density at radius 3 is 2.64 bits per heavy atom. The summed E-state index contributed by atoms with van der Waals surface area (Å²) < 4.78 is 0. The molecule has 1 aliphatic rings. The maximum Gasteiger partial charge on any atom is 0.0221 e. The Labute approximate surface area is 89.1 Å². The first kappa shape index (κ1) is 12.0. The molecule has 0 spiro atoms. The Morgan fingerprint density at radius 2 is 2.07 bits per heavy atom. The molecule has 0 bridgehead atoms. The van der Waals surface area contributed by atoms with Crippen LogP contribution in [0.3, 0.4) is 0 Å². The van der Waals surface area contributed by atoms with E-state index >= 15 is 0 Å². The molecule has 2 nitrogen and oxygen atoms in total. The van der Waals surface area contributed by atoms with Crippen molar-refractivity contribution in [1.29, 1.82) is 0 Å². The minimum absolute atomic E-state index is 0.648. The van der Waals surface area contributed by atoms with Gasteiger partial charge in [-0.2, -0.15) is 0 Å². The molecule has 2 atom stereocenters. The van der Waals surface area contributed by atoms with Crippen molar-refractivity contribution in [2.24, 2.45) is 5.92 Å². The van der Waals surface area contributed by atoms with Crippen molar-refractivity contribution in [3.63, 3.8) is 0 Å². The van der Waals surface area contributed by atoms with Crippen molar-refractivity contribution in [2.75, 3.05) is 19.6 Å². The van der Waals surface area contributed by atoms with E-state index < -0.39 is 0 Å². The van der Waals surface area contributed by atoms with Crippen LogP contribution in [0.4, 0.5) is 0 Å². The Bertz CT molecular complexity index is 156. The van der Waals surface area contributed by atoms with Gasteiger partial charge in [0.2, 0.25) is 0 Å². The quantitative estimate of drug-likeness (QED) is 0.728. The highest BCUT2D eigenvalue weighted by atomic mass is 15.2. The Morgan fingerprint density at radius 1 is 1.36 bits per heavy atom. The maximum absolute atomic E-state index is 3.65. The van der Waals surface area contributed by atoms with Gasteiger partial charge in [0.05, 0.1) is 0 Å². The highest BCUT2D eigenvalue weighted by Crippen LogP contribution is 2.16. The monoisotopic (exact) mass is 198 g/mol. The molecule has 0 amide bonds. The van der Waals surface area contributed by atoms with Crippen LogP contribution in [0.2, 0.25) is 0 Å². The summed E-state index contributed by atoms with van der Waals surface area (Å²) in [5.41, 5.74) is 0. The number of rotatable bonds is 5. The molecule has 1 heterocycles. The standard InChI is InChI=1S/C12H26N2/c1-5-14-8-6-7-12(14)9-13-11(4)10(2)3/h10-13H,5-9H2,1-4H3/t11-,12+/m1/s1. The Kier molecular flexibility index (Phi) is 4.90. The van der Waals surface area contributed by atoms with Crippen LogP contribution in [0, 0.1) is 5.92 Å². The van der Waals surface area contributed by atoms with Crippen LogP contribution >= 0.6 is 0 Å². The molecule has 0 unspecified atom stereocenters. The van der Waals surface area contributed by atoms with Gasteiger partial charge >= 0.3 is 0 Å². The number of hydrogen-bond acceptors (Lipinski definition) is 2. The minimum atomic E-state index is 0.648. The molecular weight excluding hydrogens is 172 g/mol. The van der Waals surface area contributed by atoms with E-state index in [1.165, 1.54) is 32.5 Å². The average Bonchev–Trinajstić information content (AvgIpc) is 2.60. The van der Waals surface area contributed by atoms with Crippen LogP contribution in [0.25, 0.3) is 0 Å². The van der Waals surface area contributed by atoms with Crippen LogP contribution in [0.1, 0.15) is 40.5 Å². The lowest BCUT2D eigenvalue weighted by atomic mass is 10.1. The number of likely N-dealkylation sites (tertiary alicyclic amines) is 1. The smallest absolute Gasteiger partial charge is 0.0221 e. The molecule has 1 aliphatic heterocycles. The SMILES string of the molecule is CCN1CCC[C@H]1CN[C@H](C)C(C)C. The summed E-state index contributed by atoms with van der Waals surface area (Å²) in [6, 6.07) is 1.44. The molecule has 0 aromatic carbocycles. The highest BCUT2D eigenvalue weighted by Gasteiger charge is 2.23. The van der Waals surface area contributed by atoms with E-state index in [4.69, 9.17) is 0 Å². The van der Waals surface area contributed by atoms with Gasteiger partial charge in [0.25, 0.3) is 0 Å². The fraction of sp³-hybridized carbons (Fsp3) is 1.00. The Hall–Kier alpha value is -0.0800. The maximum atomic E-state index is 3.65. The predicted molar refractivity (Wildman–Crippen MR) is 62.6 cm³/mol. The van der Waals surface area contributed by atoms with Gasteiger partial charge < -0.3 is 5.32 Å². The van der Waals surface area contributed by atoms with Crippen molar-refractivity contribution in [3.8, 4) is 0 Å². The fourth-order valence-corrected chi connectivity index (χ4v) is 2.10. The summed E-state index contributed by atoms with van der Waals surface area (Å²) in [7, 11) is 0. The molecule has 0 aromatic rings. The summed E-state index contributed by atoms with van der Waals surface area (Å²) in [4.78, 5) is 2.60. The molecule has 1 saturated heterocycles. The normalized spacial score (nSPS) is 25.9. The van der Waals surface area contributed by atoms with Crippen molar-refractivity contribution >= 4 is 0 Å². The van der Waals surface area contributed by atoms with Gasteiger partial charge in [0.1, 0.15) is 0 Å². The lowest BCUT2D eigenvalue weighted by molar-refractivity contribution is 0.249. The van der Waals surface area contributed by atoms with Crippen LogP contribution in [-0.4, -0.2) is 36.6 Å². The van der Waals surface area contributed by atoms with Crippen molar-refractivity contribution < 1.29 is 0 Å². The van der Waals surface area contributed by atoms with Crippen LogP contribution in [0.15, 0.2) is 0 Å². The third-order valence-corrected chi connectivity index (χ3v) is 3.58. The first-order chi connectivity index (χ1) is 6.65. The topological polar surface area (TPSA) is 15.3 Å². The average molecular weight is 198 g/mol. The number of nitrogens with one attached hydrogen (secondary N) is 1. The molecule has 84 valence electrons. The molecule has 14 heavy (non-hydrogen) atoms. The van der Waals surface area contributed by atoms with Gasteiger partial charge in [0, 0.05) is 18.6 Å². The van der Waals surface area contributed by atoms with Crippen LogP contribution in [0.5, 0.6) is 0 Å². The summed E-state index contributed by atoms with van der Waals surface area (Å²) >= 11 is 0. The first-order valence-electron chi connectivity index (χ1n) is 6.12. The number of hydrogen-bond donors (Lipinski definition) is 1. The first-order valence-corrected chi connectivity index (χ1v) is 6.12. The van der Waals surface area contributed by atoms with E-state index in [-0.39, 0.29) is 0 Å². The van der Waals surface area contributed by atoms with E-state index in [1.807, 2.05) is 0 Å². The van der Waals surface area contributed by atoms with Gasteiger partial charge in [-0.25, -0.2) is 0 Å². The zero-order valence-electron chi connectivity index (χ0n) is 10.2. The van der Waals surface area contributed by atoms with E-state index in [1.54, 1.807) is 0 Å². The van der Waals surface area contributed by atoms with Gasteiger partial charge in [-0.1, -0.05) is 20.8 Å². The molecule has 2 heteroatoms. The van der Waals surface area contributed by atoms with E-state index in [2.05, 4.69) is 37.9 Å². The van der Waals surface area contributed by atoms with E-state index in [9.17, 15) is 0 Å². The van der Waals surface area contributed by atoms with Crippen molar-refractivity contribution in [1.82, 2.24) is 10.2 Å². The van der Waals surface area contributed by atoms with Gasteiger partial charge in [-0.05, 0) is 38.8 Å². The van der Waals surface area contributed by atoms with Gasteiger partial charge in [-0.15, -0.1) is 0 Å². The zero-order chi connectivity index (χ0) is 10.6. The lowest BCUT2D eigenvalue weighted by Gasteiger charge is -2.26. The fourth-order valence-electron chi connectivity index (χ4n) is 2.10. The molecular formula is C12H26N2. The van der Waals surface area contributed by atoms with Crippen molar-refractivity contribution in [3.05, 3.63) is 0 Å². The molecule has 1 rings (SSSR count). The van der Waals surface area contributed by atoms with Gasteiger partial charge in [-0.3, -0.25) is 4.90 Å². The molecule has 1 fully saturated rings. The lowest BCUT2D eigenvalue weighted by Crippen LogP contribution is -2.42. The third-order valence-electron chi connectivity index (χ3n) is 3.58. The molecule has 0 radical (unpaired) electrons. The Balaban J connectivity index is 2.23.